The zero-order valence-electron chi connectivity index (χ0n) is 10.4. The Bertz CT molecular complexity index is 684. The maximum absolute atomic E-state index is 10.8. The van der Waals surface area contributed by atoms with Crippen LogP contribution in [0.4, 0.5) is 17.1 Å². The van der Waals surface area contributed by atoms with E-state index in [1.54, 1.807) is 12.1 Å². The first-order valence-corrected chi connectivity index (χ1v) is 6.42. The highest BCUT2D eigenvalue weighted by molar-refractivity contribution is 9.10. The molecule has 6 nitrogen and oxygen atoms in total. The first-order valence-electron chi connectivity index (χ1n) is 5.62. The zero-order valence-corrected chi connectivity index (χ0v) is 12.0. The van der Waals surface area contributed by atoms with Crippen molar-refractivity contribution in [2.24, 2.45) is 10.2 Å². The fourth-order valence-corrected chi connectivity index (χ4v) is 1.93. The summed E-state index contributed by atoms with van der Waals surface area (Å²) in [6, 6.07) is 10.00. The molecule has 0 radical (unpaired) electrons. The van der Waals surface area contributed by atoms with E-state index in [1.165, 1.54) is 6.07 Å². The number of nitrogens with zero attached hydrogens (tertiary/aromatic N) is 3. The minimum Gasteiger partial charge on any atom is -0.501 e. The van der Waals surface area contributed by atoms with Crippen LogP contribution >= 0.6 is 15.9 Å². The number of rotatable bonds is 3. The molecule has 2 aromatic rings. The standard InChI is InChI=1S/C13H10BrN3O3/c1-8-2-4-9(5-3-8)15-16-10-6-11(14)13(18)12(7-10)17(19)20/h2-7,18H,1H3. The summed E-state index contributed by atoms with van der Waals surface area (Å²) in [5.41, 5.74) is 1.61. The third-order valence-corrected chi connectivity index (χ3v) is 3.14. The van der Waals surface area contributed by atoms with E-state index in [4.69, 9.17) is 0 Å². The van der Waals surface area contributed by atoms with Crippen molar-refractivity contribution in [2.75, 3.05) is 0 Å². The first kappa shape index (κ1) is 14.1. The molecule has 0 amide bonds. The van der Waals surface area contributed by atoms with Crippen molar-refractivity contribution in [3.05, 3.63) is 56.5 Å². The van der Waals surface area contributed by atoms with Crippen LogP contribution in [0.2, 0.25) is 0 Å². The van der Waals surface area contributed by atoms with Crippen LogP contribution in [0.3, 0.4) is 0 Å². The molecule has 0 saturated carbocycles. The van der Waals surface area contributed by atoms with Gasteiger partial charge in [-0.05, 0) is 41.1 Å². The Labute approximate surface area is 123 Å². The summed E-state index contributed by atoms with van der Waals surface area (Å²) in [6.07, 6.45) is 0. The SMILES string of the molecule is Cc1ccc(N=Nc2cc(Br)c(O)c([N+](=O)[O-])c2)cc1. The van der Waals surface area contributed by atoms with Crippen LogP contribution in [0.1, 0.15) is 5.56 Å². The van der Waals surface area contributed by atoms with Crippen LogP contribution in [-0.4, -0.2) is 10.0 Å². The van der Waals surface area contributed by atoms with E-state index >= 15 is 0 Å². The highest BCUT2D eigenvalue weighted by atomic mass is 79.9. The second kappa shape index (κ2) is 5.79. The number of aromatic hydroxyl groups is 1. The maximum atomic E-state index is 10.8. The third-order valence-electron chi connectivity index (χ3n) is 2.54. The van der Waals surface area contributed by atoms with E-state index in [1.807, 2.05) is 19.1 Å². The van der Waals surface area contributed by atoms with Gasteiger partial charge in [0.15, 0.2) is 0 Å². The van der Waals surface area contributed by atoms with Gasteiger partial charge in [-0.15, -0.1) is 0 Å². The highest BCUT2D eigenvalue weighted by Gasteiger charge is 2.17. The molecule has 0 aromatic heterocycles. The van der Waals surface area contributed by atoms with Crippen LogP contribution in [0.25, 0.3) is 0 Å². The molecule has 0 aliphatic heterocycles. The topological polar surface area (TPSA) is 88.1 Å². The summed E-state index contributed by atoms with van der Waals surface area (Å²) in [5, 5.41) is 28.3. The van der Waals surface area contributed by atoms with Crippen LogP contribution in [-0.2, 0) is 0 Å². The van der Waals surface area contributed by atoms with Gasteiger partial charge in [0.25, 0.3) is 0 Å². The van der Waals surface area contributed by atoms with Gasteiger partial charge in [0.2, 0.25) is 5.75 Å². The van der Waals surface area contributed by atoms with Crippen LogP contribution in [0, 0.1) is 17.0 Å². The van der Waals surface area contributed by atoms with E-state index in [-0.39, 0.29) is 10.2 Å². The molecule has 0 fully saturated rings. The van der Waals surface area contributed by atoms with Gasteiger partial charge in [-0.2, -0.15) is 10.2 Å². The summed E-state index contributed by atoms with van der Waals surface area (Å²) >= 11 is 3.04. The molecule has 0 spiro atoms. The summed E-state index contributed by atoms with van der Waals surface area (Å²) in [6.45, 7) is 1.96. The van der Waals surface area contributed by atoms with E-state index in [2.05, 4.69) is 26.2 Å². The third kappa shape index (κ3) is 3.18. The molecule has 2 aromatic carbocycles. The minimum atomic E-state index is -0.676. The fraction of sp³-hybridized carbons (Fsp3) is 0.0769. The van der Waals surface area contributed by atoms with Crippen molar-refractivity contribution in [2.45, 2.75) is 6.92 Å². The Kier molecular flexibility index (Phi) is 4.09. The molecule has 102 valence electrons. The van der Waals surface area contributed by atoms with Gasteiger partial charge in [-0.25, -0.2) is 0 Å². The molecule has 0 heterocycles. The second-order valence-corrected chi connectivity index (χ2v) is 4.94. The van der Waals surface area contributed by atoms with E-state index in [0.717, 1.165) is 11.6 Å². The number of aryl methyl sites for hydroxylation is 1. The predicted molar refractivity (Wildman–Crippen MR) is 77.8 cm³/mol. The van der Waals surface area contributed by atoms with Crippen molar-refractivity contribution >= 4 is 33.0 Å². The Morgan fingerprint density at radius 3 is 2.35 bits per heavy atom. The molecule has 0 aliphatic rings. The molecule has 1 N–H and O–H groups in total. The van der Waals surface area contributed by atoms with Crippen molar-refractivity contribution in [1.82, 2.24) is 0 Å². The second-order valence-electron chi connectivity index (χ2n) is 4.09. The molecule has 0 unspecified atom stereocenters. The summed E-state index contributed by atoms with van der Waals surface area (Å²) in [4.78, 5) is 10.1. The molecule has 0 atom stereocenters. The molecular weight excluding hydrogens is 326 g/mol. The van der Waals surface area contributed by atoms with E-state index < -0.39 is 16.4 Å². The summed E-state index contributed by atoms with van der Waals surface area (Å²) < 4.78 is 0.199. The smallest absolute Gasteiger partial charge is 0.314 e. The largest absolute Gasteiger partial charge is 0.501 e. The molecule has 2 rings (SSSR count). The lowest BCUT2D eigenvalue weighted by atomic mass is 10.2. The lowest BCUT2D eigenvalue weighted by Gasteiger charge is -2.00. The fourth-order valence-electron chi connectivity index (χ4n) is 1.49. The molecular formula is C13H10BrN3O3. The highest BCUT2D eigenvalue weighted by Crippen LogP contribution is 2.38. The van der Waals surface area contributed by atoms with Gasteiger partial charge in [-0.1, -0.05) is 17.7 Å². The normalized spacial score (nSPS) is 10.9. The molecule has 0 aliphatic carbocycles. The van der Waals surface area contributed by atoms with Crippen molar-refractivity contribution in [1.29, 1.82) is 0 Å². The Morgan fingerprint density at radius 1 is 1.15 bits per heavy atom. The quantitative estimate of drug-likeness (QED) is 0.497. The number of nitro benzene ring substituents is 1. The number of phenols is 1. The number of nitro groups is 1. The van der Waals surface area contributed by atoms with Crippen LogP contribution < -0.4 is 0 Å². The molecule has 7 heteroatoms. The maximum Gasteiger partial charge on any atom is 0.314 e. The molecule has 0 saturated heterocycles. The first-order chi connectivity index (χ1) is 9.47. The lowest BCUT2D eigenvalue weighted by molar-refractivity contribution is -0.385. The van der Waals surface area contributed by atoms with Gasteiger partial charge in [0.05, 0.1) is 20.8 Å². The summed E-state index contributed by atoms with van der Waals surface area (Å²) in [5.74, 6) is -0.427. The molecule has 0 bridgehead atoms. The van der Waals surface area contributed by atoms with Gasteiger partial charge < -0.3 is 5.11 Å². The van der Waals surface area contributed by atoms with Crippen LogP contribution in [0.15, 0.2) is 51.1 Å². The van der Waals surface area contributed by atoms with E-state index in [9.17, 15) is 15.2 Å². The van der Waals surface area contributed by atoms with E-state index in [0.29, 0.717) is 5.69 Å². The van der Waals surface area contributed by atoms with Crippen molar-refractivity contribution < 1.29 is 10.0 Å². The van der Waals surface area contributed by atoms with Gasteiger partial charge >= 0.3 is 5.69 Å². The number of phenolic OH excluding ortho intramolecular Hbond substituents is 1. The summed E-state index contributed by atoms with van der Waals surface area (Å²) in [7, 11) is 0. The van der Waals surface area contributed by atoms with Crippen molar-refractivity contribution in [3.63, 3.8) is 0 Å². The van der Waals surface area contributed by atoms with Gasteiger partial charge in [-0.3, -0.25) is 10.1 Å². The molecule has 20 heavy (non-hydrogen) atoms. The Balaban J connectivity index is 2.34. The Hall–Kier alpha value is -2.28. The number of benzene rings is 2. The van der Waals surface area contributed by atoms with Crippen LogP contribution in [0.5, 0.6) is 5.75 Å². The number of hydrogen-bond acceptors (Lipinski definition) is 5. The average Bonchev–Trinajstić information content (AvgIpc) is 2.41. The van der Waals surface area contributed by atoms with Gasteiger partial charge in [0.1, 0.15) is 0 Å². The van der Waals surface area contributed by atoms with Gasteiger partial charge in [0, 0.05) is 6.07 Å². The lowest BCUT2D eigenvalue weighted by Crippen LogP contribution is -1.88. The zero-order chi connectivity index (χ0) is 14.7. The average molecular weight is 336 g/mol. The van der Waals surface area contributed by atoms with Crippen molar-refractivity contribution in [3.8, 4) is 5.75 Å². The number of halogens is 1. The minimum absolute atomic E-state index is 0.199. The predicted octanol–water partition coefficient (Wildman–Crippen LogP) is 4.79. The number of hydrogen-bond donors (Lipinski definition) is 1. The monoisotopic (exact) mass is 335 g/mol. The number of azo groups is 1. The Morgan fingerprint density at radius 2 is 1.75 bits per heavy atom.